The van der Waals surface area contributed by atoms with E-state index in [9.17, 15) is 0 Å². The summed E-state index contributed by atoms with van der Waals surface area (Å²) >= 11 is 0. The number of halogens is 2. The molecule has 0 N–H and O–H groups in total. The molecule has 0 saturated carbocycles. The minimum atomic E-state index is 0. The van der Waals surface area contributed by atoms with Gasteiger partial charge in [0.15, 0.2) is 0 Å². The minimum absolute atomic E-state index is 0. The molecule has 3 aromatic carbocycles. The van der Waals surface area contributed by atoms with Gasteiger partial charge >= 0.3 is 0 Å². The van der Waals surface area contributed by atoms with Crippen LogP contribution in [0.1, 0.15) is 5.56 Å². The van der Waals surface area contributed by atoms with Crippen molar-refractivity contribution < 1.29 is 0 Å². The van der Waals surface area contributed by atoms with E-state index in [2.05, 4.69) is 61.5 Å². The Labute approximate surface area is 113 Å². The van der Waals surface area contributed by atoms with Crippen LogP contribution in [0.25, 0.3) is 21.5 Å². The normalized spacial score (nSPS) is 9.71. The van der Waals surface area contributed by atoms with Gasteiger partial charge in [-0.25, -0.2) is 0 Å². The predicted octanol–water partition coefficient (Wildman–Crippen LogP) is 5.15. The molecule has 0 aliphatic heterocycles. The smallest absolute Gasteiger partial charge is 0.0148 e. The first kappa shape index (κ1) is 13.8. The third-order valence-corrected chi connectivity index (χ3v) is 2.96. The fraction of sp³-hybridized carbons (Fsp3) is 0.0667. The van der Waals surface area contributed by atoms with Crippen molar-refractivity contribution in [1.29, 1.82) is 0 Å². The maximum Gasteiger partial charge on any atom is -0.0148 e. The molecule has 3 rings (SSSR count). The lowest BCUT2D eigenvalue weighted by atomic mass is 10.0. The SMILES string of the molecule is Cc1cccc2cc3ccccc3cc12.Cl.Cl. The number of rotatable bonds is 0. The van der Waals surface area contributed by atoms with Gasteiger partial charge in [-0.2, -0.15) is 0 Å². The van der Waals surface area contributed by atoms with Gasteiger partial charge < -0.3 is 0 Å². The minimum Gasteiger partial charge on any atom is -0.147 e. The van der Waals surface area contributed by atoms with Crippen molar-refractivity contribution in [3.8, 4) is 0 Å². The fourth-order valence-corrected chi connectivity index (χ4v) is 2.12. The average molecular weight is 265 g/mol. The first-order valence-corrected chi connectivity index (χ1v) is 5.23. The third-order valence-electron chi connectivity index (χ3n) is 2.96. The number of hydrogen-bond donors (Lipinski definition) is 0. The van der Waals surface area contributed by atoms with Gasteiger partial charge in [0.05, 0.1) is 0 Å². The van der Waals surface area contributed by atoms with Crippen LogP contribution in [0, 0.1) is 6.92 Å². The predicted molar refractivity (Wildman–Crippen MR) is 80.7 cm³/mol. The summed E-state index contributed by atoms with van der Waals surface area (Å²) in [5.74, 6) is 0. The summed E-state index contributed by atoms with van der Waals surface area (Å²) < 4.78 is 0. The quantitative estimate of drug-likeness (QED) is 0.493. The van der Waals surface area contributed by atoms with Crippen molar-refractivity contribution in [2.75, 3.05) is 0 Å². The van der Waals surface area contributed by atoms with Gasteiger partial charge in [-0.05, 0) is 46.2 Å². The fourth-order valence-electron chi connectivity index (χ4n) is 2.12. The number of fused-ring (bicyclic) bond motifs is 2. The van der Waals surface area contributed by atoms with Crippen molar-refractivity contribution in [2.24, 2.45) is 0 Å². The zero-order valence-corrected chi connectivity index (χ0v) is 11.1. The Balaban J connectivity index is 0.000000722. The summed E-state index contributed by atoms with van der Waals surface area (Å²) in [5.41, 5.74) is 1.35. The molecule has 2 heteroatoms. The van der Waals surface area contributed by atoms with Gasteiger partial charge in [-0.15, -0.1) is 24.8 Å². The number of aryl methyl sites for hydroxylation is 1. The van der Waals surface area contributed by atoms with Crippen LogP contribution in [0.4, 0.5) is 0 Å². The highest BCUT2D eigenvalue weighted by Crippen LogP contribution is 2.24. The van der Waals surface area contributed by atoms with E-state index in [1.165, 1.54) is 27.1 Å². The van der Waals surface area contributed by atoms with E-state index >= 15 is 0 Å². The Morgan fingerprint density at radius 2 is 1.24 bits per heavy atom. The summed E-state index contributed by atoms with van der Waals surface area (Å²) in [5, 5.41) is 5.32. The van der Waals surface area contributed by atoms with E-state index in [0.29, 0.717) is 0 Å². The van der Waals surface area contributed by atoms with E-state index < -0.39 is 0 Å². The third kappa shape index (κ3) is 2.38. The molecule has 0 heterocycles. The van der Waals surface area contributed by atoms with E-state index in [-0.39, 0.29) is 24.8 Å². The summed E-state index contributed by atoms with van der Waals surface area (Å²) in [7, 11) is 0. The molecule has 17 heavy (non-hydrogen) atoms. The molecule has 0 aliphatic rings. The van der Waals surface area contributed by atoms with Gasteiger partial charge in [0.1, 0.15) is 0 Å². The highest BCUT2D eigenvalue weighted by Gasteiger charge is 1.98. The highest BCUT2D eigenvalue weighted by molar-refractivity contribution is 5.99. The molecular formula is C15H14Cl2. The van der Waals surface area contributed by atoms with E-state index in [1.54, 1.807) is 0 Å². The van der Waals surface area contributed by atoms with Crippen LogP contribution in [0.15, 0.2) is 54.6 Å². The maximum atomic E-state index is 2.28. The van der Waals surface area contributed by atoms with Crippen LogP contribution in [-0.2, 0) is 0 Å². The highest BCUT2D eigenvalue weighted by atomic mass is 35.5. The van der Waals surface area contributed by atoms with Crippen molar-refractivity contribution >= 4 is 46.4 Å². The first-order chi connectivity index (χ1) is 7.34. The van der Waals surface area contributed by atoms with Crippen molar-refractivity contribution in [2.45, 2.75) is 6.92 Å². The standard InChI is InChI=1S/C15H12.2ClH/c1-11-5-4-8-14-9-12-6-2-3-7-13(12)10-15(11)14;;/h2-10H,1H3;2*1H. The van der Waals surface area contributed by atoms with Crippen LogP contribution < -0.4 is 0 Å². The molecule has 0 aliphatic carbocycles. The molecule has 0 fully saturated rings. The van der Waals surface area contributed by atoms with Crippen LogP contribution in [-0.4, -0.2) is 0 Å². The zero-order chi connectivity index (χ0) is 10.3. The number of hydrogen-bond acceptors (Lipinski definition) is 0. The molecule has 0 radical (unpaired) electrons. The first-order valence-electron chi connectivity index (χ1n) is 5.23. The maximum absolute atomic E-state index is 2.28. The molecule has 0 bridgehead atoms. The lowest BCUT2D eigenvalue weighted by molar-refractivity contribution is 1.54. The molecule has 0 nitrogen and oxygen atoms in total. The van der Waals surface area contributed by atoms with Gasteiger partial charge in [-0.3, -0.25) is 0 Å². The largest absolute Gasteiger partial charge is 0.147 e. The molecule has 0 spiro atoms. The van der Waals surface area contributed by atoms with Crippen LogP contribution in [0.2, 0.25) is 0 Å². The van der Waals surface area contributed by atoms with Gasteiger partial charge in [0, 0.05) is 0 Å². The molecule has 88 valence electrons. The Morgan fingerprint density at radius 1 is 0.647 bits per heavy atom. The van der Waals surface area contributed by atoms with Crippen LogP contribution >= 0.6 is 24.8 Å². The van der Waals surface area contributed by atoms with Crippen LogP contribution in [0.3, 0.4) is 0 Å². The second kappa shape index (κ2) is 5.39. The van der Waals surface area contributed by atoms with E-state index in [1.807, 2.05) is 0 Å². The second-order valence-corrected chi connectivity index (χ2v) is 4.00. The summed E-state index contributed by atoms with van der Waals surface area (Å²) in [4.78, 5) is 0. The Morgan fingerprint density at radius 3 is 1.94 bits per heavy atom. The van der Waals surface area contributed by atoms with E-state index in [4.69, 9.17) is 0 Å². The average Bonchev–Trinajstić information content (AvgIpc) is 2.27. The van der Waals surface area contributed by atoms with Gasteiger partial charge in [0.25, 0.3) is 0 Å². The van der Waals surface area contributed by atoms with Crippen LogP contribution in [0.5, 0.6) is 0 Å². The molecule has 0 amide bonds. The monoisotopic (exact) mass is 264 g/mol. The lowest BCUT2D eigenvalue weighted by Gasteiger charge is -2.04. The van der Waals surface area contributed by atoms with E-state index in [0.717, 1.165) is 0 Å². The Bertz CT molecular complexity index is 645. The van der Waals surface area contributed by atoms with Crippen molar-refractivity contribution in [3.63, 3.8) is 0 Å². The molecule has 0 atom stereocenters. The van der Waals surface area contributed by atoms with Crippen molar-refractivity contribution in [3.05, 3.63) is 60.2 Å². The summed E-state index contributed by atoms with van der Waals surface area (Å²) in [6, 6.07) is 19.5. The van der Waals surface area contributed by atoms with Gasteiger partial charge in [0.2, 0.25) is 0 Å². The Kier molecular flexibility index (Phi) is 4.39. The van der Waals surface area contributed by atoms with Crippen molar-refractivity contribution in [1.82, 2.24) is 0 Å². The topological polar surface area (TPSA) is 0 Å². The lowest BCUT2D eigenvalue weighted by Crippen LogP contribution is -1.79. The molecule has 0 saturated heterocycles. The Hall–Kier alpha value is -1.24. The molecular weight excluding hydrogens is 251 g/mol. The molecule has 3 aromatic rings. The summed E-state index contributed by atoms with van der Waals surface area (Å²) in [6.07, 6.45) is 0. The van der Waals surface area contributed by atoms with Gasteiger partial charge in [-0.1, -0.05) is 42.5 Å². The summed E-state index contributed by atoms with van der Waals surface area (Å²) in [6.45, 7) is 2.16. The second-order valence-electron chi connectivity index (χ2n) is 4.00. The molecule has 0 aromatic heterocycles. The molecule has 0 unspecified atom stereocenters. The number of benzene rings is 3. The zero-order valence-electron chi connectivity index (χ0n) is 9.51.